The van der Waals surface area contributed by atoms with Crippen molar-refractivity contribution >= 4 is 24.2 Å². The second kappa shape index (κ2) is 5.93. The molecule has 1 aliphatic heterocycles. The Labute approximate surface area is 129 Å². The van der Waals surface area contributed by atoms with Crippen molar-refractivity contribution in [2.45, 2.75) is 30.6 Å². The summed E-state index contributed by atoms with van der Waals surface area (Å²) in [5.41, 5.74) is -1.13. The van der Waals surface area contributed by atoms with Crippen LogP contribution in [-0.2, 0) is 12.7 Å². The topological polar surface area (TPSA) is 3.24 Å². The summed E-state index contributed by atoms with van der Waals surface area (Å²) in [5.74, 6) is -0.868. The Kier molecular flexibility index (Phi) is 4.75. The van der Waals surface area contributed by atoms with Crippen LogP contribution in [0, 0.1) is 5.82 Å². The standard InChI is InChI=1S/C13H13ClF5NS/c14-10-6-9(13(17,18)19)5-8(11(10)15)7-20-3-1-12(16,21)2-4-20/h5-6,21H,1-4,7H2. The van der Waals surface area contributed by atoms with Gasteiger partial charge in [0.25, 0.3) is 0 Å². The molecule has 0 atom stereocenters. The van der Waals surface area contributed by atoms with Gasteiger partial charge in [0.2, 0.25) is 0 Å². The number of benzene rings is 1. The predicted molar refractivity (Wildman–Crippen MR) is 73.7 cm³/mol. The molecule has 0 unspecified atom stereocenters. The van der Waals surface area contributed by atoms with E-state index in [1.807, 2.05) is 0 Å². The van der Waals surface area contributed by atoms with Crippen molar-refractivity contribution in [3.63, 3.8) is 0 Å². The van der Waals surface area contributed by atoms with E-state index in [0.29, 0.717) is 19.2 Å². The second-order valence-corrected chi connectivity index (χ2v) is 6.33. The molecule has 0 saturated carbocycles. The van der Waals surface area contributed by atoms with Crippen LogP contribution in [0.1, 0.15) is 24.0 Å². The minimum Gasteiger partial charge on any atom is -0.299 e. The number of alkyl halides is 4. The Morgan fingerprint density at radius 3 is 2.33 bits per heavy atom. The smallest absolute Gasteiger partial charge is 0.299 e. The van der Waals surface area contributed by atoms with Gasteiger partial charge in [0.15, 0.2) is 5.00 Å². The lowest BCUT2D eigenvalue weighted by atomic mass is 10.1. The fourth-order valence-corrected chi connectivity index (χ4v) is 2.66. The first-order valence-electron chi connectivity index (χ1n) is 6.27. The van der Waals surface area contributed by atoms with E-state index in [0.717, 1.165) is 6.07 Å². The average Bonchev–Trinajstić information content (AvgIpc) is 2.35. The third kappa shape index (κ3) is 4.23. The third-order valence-corrected chi connectivity index (χ3v) is 4.17. The zero-order valence-electron chi connectivity index (χ0n) is 10.9. The molecule has 0 radical (unpaired) electrons. The maximum Gasteiger partial charge on any atom is 0.416 e. The van der Waals surface area contributed by atoms with Crippen molar-refractivity contribution in [3.05, 3.63) is 34.1 Å². The Balaban J connectivity index is 2.18. The first-order valence-corrected chi connectivity index (χ1v) is 7.10. The van der Waals surface area contributed by atoms with Gasteiger partial charge in [0.05, 0.1) is 10.6 Å². The molecule has 1 heterocycles. The van der Waals surface area contributed by atoms with Gasteiger partial charge in [0.1, 0.15) is 5.82 Å². The molecule has 118 valence electrons. The highest BCUT2D eigenvalue weighted by atomic mass is 35.5. The molecule has 21 heavy (non-hydrogen) atoms. The van der Waals surface area contributed by atoms with E-state index in [1.54, 1.807) is 4.90 Å². The summed E-state index contributed by atoms with van der Waals surface area (Å²) in [6, 6.07) is 1.32. The minimum absolute atomic E-state index is 0.0423. The number of halogens is 6. The quantitative estimate of drug-likeness (QED) is 0.601. The summed E-state index contributed by atoms with van der Waals surface area (Å²) in [6.07, 6.45) is -4.30. The van der Waals surface area contributed by atoms with Gasteiger partial charge >= 0.3 is 6.18 Å². The highest BCUT2D eigenvalue weighted by molar-refractivity contribution is 7.81. The average molecular weight is 346 g/mol. The summed E-state index contributed by atoms with van der Waals surface area (Å²) < 4.78 is 65.5. The van der Waals surface area contributed by atoms with Gasteiger partial charge in [-0.3, -0.25) is 4.90 Å². The summed E-state index contributed by atoms with van der Waals surface area (Å²) in [7, 11) is 0. The van der Waals surface area contributed by atoms with Crippen LogP contribution >= 0.6 is 24.2 Å². The van der Waals surface area contributed by atoms with Crippen LogP contribution in [0.2, 0.25) is 5.02 Å². The van der Waals surface area contributed by atoms with Crippen LogP contribution in [0.4, 0.5) is 22.0 Å². The number of hydrogen-bond acceptors (Lipinski definition) is 2. The van der Waals surface area contributed by atoms with Gasteiger partial charge in [-0.2, -0.15) is 13.2 Å². The zero-order valence-corrected chi connectivity index (χ0v) is 12.5. The molecule has 1 aliphatic rings. The monoisotopic (exact) mass is 345 g/mol. The SMILES string of the molecule is Fc1c(Cl)cc(C(F)(F)F)cc1CN1CCC(F)(S)CC1. The number of thiol groups is 1. The van der Waals surface area contributed by atoms with E-state index >= 15 is 0 Å². The zero-order chi connectivity index (χ0) is 15.8. The Hall–Kier alpha value is -0.530. The molecular weight excluding hydrogens is 333 g/mol. The molecule has 0 aromatic heterocycles. The fraction of sp³-hybridized carbons (Fsp3) is 0.538. The lowest BCUT2D eigenvalue weighted by molar-refractivity contribution is -0.137. The molecule has 8 heteroatoms. The van der Waals surface area contributed by atoms with E-state index in [4.69, 9.17) is 11.6 Å². The molecule has 1 saturated heterocycles. The highest BCUT2D eigenvalue weighted by Gasteiger charge is 2.34. The van der Waals surface area contributed by atoms with Gasteiger partial charge in [0, 0.05) is 38.0 Å². The minimum atomic E-state index is -4.59. The first-order chi connectivity index (χ1) is 9.58. The lowest BCUT2D eigenvalue weighted by Gasteiger charge is -2.33. The lowest BCUT2D eigenvalue weighted by Crippen LogP contribution is -2.38. The molecule has 0 amide bonds. The summed E-state index contributed by atoms with van der Waals surface area (Å²) in [5, 5.41) is -2.13. The van der Waals surface area contributed by atoms with Crippen molar-refractivity contribution < 1.29 is 22.0 Å². The van der Waals surface area contributed by atoms with Gasteiger partial charge in [-0.05, 0) is 12.1 Å². The van der Waals surface area contributed by atoms with Crippen LogP contribution in [0.3, 0.4) is 0 Å². The molecule has 0 spiro atoms. The van der Waals surface area contributed by atoms with Crippen LogP contribution < -0.4 is 0 Å². The number of likely N-dealkylation sites (tertiary alicyclic amines) is 1. The Bertz CT molecular complexity index is 522. The second-order valence-electron chi connectivity index (χ2n) is 5.12. The number of hydrogen-bond donors (Lipinski definition) is 1. The van der Waals surface area contributed by atoms with Crippen molar-refractivity contribution in [2.75, 3.05) is 13.1 Å². The van der Waals surface area contributed by atoms with Crippen molar-refractivity contribution in [1.82, 2.24) is 4.90 Å². The normalized spacial score (nSPS) is 19.8. The van der Waals surface area contributed by atoms with E-state index in [1.165, 1.54) is 0 Å². The maximum absolute atomic E-state index is 13.9. The summed E-state index contributed by atoms with van der Waals surface area (Å²) >= 11 is 9.36. The molecule has 1 fully saturated rings. The van der Waals surface area contributed by atoms with Gasteiger partial charge in [-0.25, -0.2) is 8.78 Å². The first kappa shape index (κ1) is 16.8. The largest absolute Gasteiger partial charge is 0.416 e. The van der Waals surface area contributed by atoms with Crippen LogP contribution in [-0.4, -0.2) is 23.0 Å². The molecule has 1 aromatic rings. The number of nitrogens with zero attached hydrogens (tertiary/aromatic N) is 1. The molecule has 0 aliphatic carbocycles. The molecule has 0 bridgehead atoms. The van der Waals surface area contributed by atoms with E-state index in [-0.39, 0.29) is 24.9 Å². The summed E-state index contributed by atoms with van der Waals surface area (Å²) in [6.45, 7) is 0.555. The van der Waals surface area contributed by atoms with E-state index in [9.17, 15) is 22.0 Å². The van der Waals surface area contributed by atoms with Crippen LogP contribution in [0.15, 0.2) is 12.1 Å². The predicted octanol–water partition coefficient (Wildman–Crippen LogP) is 4.69. The van der Waals surface area contributed by atoms with Crippen molar-refractivity contribution in [3.8, 4) is 0 Å². The molecule has 1 nitrogen and oxygen atoms in total. The number of rotatable bonds is 2. The summed E-state index contributed by atoms with van der Waals surface area (Å²) in [4.78, 5) is 1.68. The number of piperidine rings is 1. The van der Waals surface area contributed by atoms with Gasteiger partial charge in [-0.1, -0.05) is 11.6 Å². The van der Waals surface area contributed by atoms with Crippen LogP contribution in [0.25, 0.3) is 0 Å². The van der Waals surface area contributed by atoms with Gasteiger partial charge < -0.3 is 0 Å². The van der Waals surface area contributed by atoms with Crippen molar-refractivity contribution in [1.29, 1.82) is 0 Å². The van der Waals surface area contributed by atoms with E-state index in [2.05, 4.69) is 12.6 Å². The Morgan fingerprint density at radius 1 is 1.24 bits per heavy atom. The molecular formula is C13H13ClF5NS. The Morgan fingerprint density at radius 2 is 1.81 bits per heavy atom. The molecule has 0 N–H and O–H groups in total. The van der Waals surface area contributed by atoms with Crippen LogP contribution in [0.5, 0.6) is 0 Å². The highest BCUT2D eigenvalue weighted by Crippen LogP contribution is 2.35. The molecule has 1 aromatic carbocycles. The molecule has 2 rings (SSSR count). The van der Waals surface area contributed by atoms with E-state index < -0.39 is 27.6 Å². The maximum atomic E-state index is 13.9. The fourth-order valence-electron chi connectivity index (χ4n) is 2.22. The third-order valence-electron chi connectivity index (χ3n) is 3.45. The van der Waals surface area contributed by atoms with Crippen molar-refractivity contribution in [2.24, 2.45) is 0 Å². The van der Waals surface area contributed by atoms with Gasteiger partial charge in [-0.15, -0.1) is 12.6 Å².